The molecule has 0 saturated carbocycles. The lowest BCUT2D eigenvalue weighted by atomic mass is 10.1. The fourth-order valence-corrected chi connectivity index (χ4v) is 5.41. The van der Waals surface area contributed by atoms with E-state index in [1.807, 2.05) is 62.4 Å². The first-order valence-corrected chi connectivity index (χ1v) is 19.5. The van der Waals surface area contributed by atoms with E-state index in [0.29, 0.717) is 37.0 Å². The summed E-state index contributed by atoms with van der Waals surface area (Å²) in [6, 6.07) is 15.2. The number of aromatic nitrogens is 6. The third-order valence-corrected chi connectivity index (χ3v) is 8.02. The molecule has 0 fully saturated rings. The average Bonchev–Trinajstić information content (AvgIpc) is 3.13. The van der Waals surface area contributed by atoms with Gasteiger partial charge in [-0.15, -0.1) is 0 Å². The summed E-state index contributed by atoms with van der Waals surface area (Å²) in [6.07, 6.45) is 15.2. The van der Waals surface area contributed by atoms with Crippen LogP contribution in [0.3, 0.4) is 0 Å². The summed E-state index contributed by atoms with van der Waals surface area (Å²) in [7, 11) is 0. The van der Waals surface area contributed by atoms with E-state index in [9.17, 15) is 0 Å². The molecule has 12 nitrogen and oxygen atoms in total. The quantitative estimate of drug-likeness (QED) is 0.0505. The molecule has 0 aliphatic heterocycles. The molecule has 0 atom stereocenters. The minimum atomic E-state index is 0.0448. The smallest absolute Gasteiger partial charge is 0.233 e. The van der Waals surface area contributed by atoms with E-state index in [1.165, 1.54) is 64.2 Å². The first-order chi connectivity index (χ1) is 25.4. The van der Waals surface area contributed by atoms with E-state index in [2.05, 4.69) is 65.0 Å². The van der Waals surface area contributed by atoms with Gasteiger partial charge in [-0.25, -0.2) is 0 Å². The van der Waals surface area contributed by atoms with Gasteiger partial charge in [0.25, 0.3) is 0 Å². The van der Waals surface area contributed by atoms with Gasteiger partial charge in [-0.3, -0.25) is 0 Å². The molecule has 2 aromatic heterocycles. The van der Waals surface area contributed by atoms with Crippen molar-refractivity contribution < 1.29 is 9.47 Å². The molecule has 284 valence electrons. The first kappa shape index (κ1) is 42.3. The first-order valence-electron chi connectivity index (χ1n) is 18.7. The fraction of sp³-hybridized carbons (Fsp3) is 0.526. The lowest BCUT2D eigenvalue weighted by molar-refractivity contribution is 0.340. The molecule has 4 aromatic rings. The van der Waals surface area contributed by atoms with Crippen LogP contribution in [0.5, 0.6) is 11.5 Å². The molecule has 52 heavy (non-hydrogen) atoms. The number of benzene rings is 2. The van der Waals surface area contributed by atoms with Gasteiger partial charge in [0.15, 0.2) is 0 Å². The highest BCUT2D eigenvalue weighted by molar-refractivity contribution is 6.31. The van der Waals surface area contributed by atoms with Crippen molar-refractivity contribution in [1.82, 2.24) is 29.9 Å². The summed E-state index contributed by atoms with van der Waals surface area (Å²) in [5, 5.41) is 13.1. The zero-order chi connectivity index (χ0) is 37.2. The molecule has 4 N–H and O–H groups in total. The Morgan fingerprint density at radius 2 is 0.808 bits per heavy atom. The van der Waals surface area contributed by atoms with Crippen LogP contribution < -0.4 is 30.7 Å². The molecule has 2 heterocycles. The number of nitrogens with one attached hydrogen (secondary N) is 4. The highest BCUT2D eigenvalue weighted by Crippen LogP contribution is 2.21. The topological polar surface area (TPSA) is 144 Å². The maximum Gasteiger partial charge on any atom is 0.233 e. The van der Waals surface area contributed by atoms with Crippen molar-refractivity contribution in [2.75, 3.05) is 47.6 Å². The molecule has 14 heteroatoms. The van der Waals surface area contributed by atoms with Crippen LogP contribution in [0.25, 0.3) is 0 Å². The molecule has 0 spiro atoms. The van der Waals surface area contributed by atoms with Crippen LogP contribution in [0.15, 0.2) is 48.5 Å². The van der Waals surface area contributed by atoms with Gasteiger partial charge in [0.2, 0.25) is 34.4 Å². The lowest BCUT2D eigenvalue weighted by Crippen LogP contribution is -2.12. The standard InChI is InChI=1S/C27H46N6O.C11H10Cl2N4O/c1-4-7-9-11-13-15-21-28-25-31-26(29-22-16-14-12-10-8-5-2)33-27(32-25)30-23-17-19-24(20-18-23)34-6-3;1-2-18-8-5-3-7(4-6-8)14-11-16-9(12)15-10(13)17-11/h17-20H,4-16,21-22H2,1-3H3,(H3,28,29,30,31,32,33);3-6H,2H2,1H3,(H,14,15,16,17). The second-order valence-electron chi connectivity index (χ2n) is 12.1. The molecule has 0 aliphatic carbocycles. The lowest BCUT2D eigenvalue weighted by Gasteiger charge is -2.12. The van der Waals surface area contributed by atoms with Gasteiger partial charge >= 0.3 is 0 Å². The number of hydrogen-bond donors (Lipinski definition) is 4. The van der Waals surface area contributed by atoms with Crippen LogP contribution in [0.2, 0.25) is 10.6 Å². The van der Waals surface area contributed by atoms with E-state index in [4.69, 9.17) is 32.7 Å². The Balaban J connectivity index is 0.000000338. The SMILES string of the molecule is CCCCCCCCNc1nc(NCCCCCCCC)nc(Nc2ccc(OCC)cc2)n1.CCOc1ccc(Nc2nc(Cl)nc(Cl)n2)cc1. The van der Waals surface area contributed by atoms with Gasteiger partial charge in [-0.1, -0.05) is 78.1 Å². The van der Waals surface area contributed by atoms with Gasteiger partial charge < -0.3 is 30.7 Å². The van der Waals surface area contributed by atoms with Crippen LogP contribution in [0, 0.1) is 0 Å². The second kappa shape index (κ2) is 25.7. The highest BCUT2D eigenvalue weighted by atomic mass is 35.5. The van der Waals surface area contributed by atoms with E-state index >= 15 is 0 Å². The highest BCUT2D eigenvalue weighted by Gasteiger charge is 2.08. The molecule has 4 rings (SSSR count). The zero-order valence-electron chi connectivity index (χ0n) is 31.2. The molecule has 0 radical (unpaired) electrons. The second-order valence-corrected chi connectivity index (χ2v) is 12.7. The monoisotopic (exact) mass is 754 g/mol. The van der Waals surface area contributed by atoms with E-state index < -0.39 is 0 Å². The van der Waals surface area contributed by atoms with Crippen molar-refractivity contribution in [1.29, 1.82) is 0 Å². The Kier molecular flexibility index (Phi) is 20.9. The zero-order valence-corrected chi connectivity index (χ0v) is 32.7. The van der Waals surface area contributed by atoms with Crippen LogP contribution >= 0.6 is 23.2 Å². The minimum Gasteiger partial charge on any atom is -0.494 e. The van der Waals surface area contributed by atoms with Crippen molar-refractivity contribution in [2.45, 2.75) is 105 Å². The summed E-state index contributed by atoms with van der Waals surface area (Å²) >= 11 is 11.4. The van der Waals surface area contributed by atoms with Crippen molar-refractivity contribution >= 4 is 58.4 Å². The number of halogens is 2. The number of nitrogens with zero attached hydrogens (tertiary/aromatic N) is 6. The van der Waals surface area contributed by atoms with Crippen molar-refractivity contribution in [2.24, 2.45) is 0 Å². The summed E-state index contributed by atoms with van der Waals surface area (Å²) < 4.78 is 10.9. The average molecular weight is 756 g/mol. The predicted molar refractivity (Wildman–Crippen MR) is 215 cm³/mol. The third-order valence-electron chi connectivity index (χ3n) is 7.69. The van der Waals surface area contributed by atoms with Crippen molar-refractivity contribution in [3.63, 3.8) is 0 Å². The van der Waals surface area contributed by atoms with E-state index in [0.717, 1.165) is 48.8 Å². The van der Waals surface area contributed by atoms with Gasteiger partial charge in [0, 0.05) is 24.5 Å². The largest absolute Gasteiger partial charge is 0.494 e. The van der Waals surface area contributed by atoms with Crippen LogP contribution in [-0.4, -0.2) is 56.2 Å². The molecule has 2 aromatic carbocycles. The summed E-state index contributed by atoms with van der Waals surface area (Å²) in [4.78, 5) is 25.3. The maximum atomic E-state index is 5.68. The van der Waals surface area contributed by atoms with E-state index in [-0.39, 0.29) is 10.6 Å². The number of ether oxygens (including phenoxy) is 2. The molecule has 0 bridgehead atoms. The van der Waals surface area contributed by atoms with Gasteiger partial charge in [-0.2, -0.15) is 29.9 Å². The molecular formula is C38H56Cl2N10O2. The van der Waals surface area contributed by atoms with Gasteiger partial charge in [-0.05, 0) is 98.4 Å². The third kappa shape index (κ3) is 17.9. The van der Waals surface area contributed by atoms with Crippen molar-refractivity contribution in [3.8, 4) is 11.5 Å². The van der Waals surface area contributed by atoms with Crippen LogP contribution in [0.1, 0.15) is 105 Å². The van der Waals surface area contributed by atoms with Crippen molar-refractivity contribution in [3.05, 3.63) is 59.1 Å². The van der Waals surface area contributed by atoms with Crippen LogP contribution in [-0.2, 0) is 0 Å². The normalized spacial score (nSPS) is 10.6. The predicted octanol–water partition coefficient (Wildman–Crippen LogP) is 10.9. The molecule has 0 aliphatic rings. The van der Waals surface area contributed by atoms with Crippen LogP contribution in [0.4, 0.5) is 35.2 Å². The van der Waals surface area contributed by atoms with E-state index in [1.54, 1.807) is 0 Å². The number of rotatable bonds is 24. The molecule has 0 unspecified atom stereocenters. The molecular weight excluding hydrogens is 699 g/mol. The maximum absolute atomic E-state index is 5.68. The Bertz CT molecular complexity index is 1480. The summed E-state index contributed by atoms with van der Waals surface area (Å²) in [5.41, 5.74) is 1.72. The fourth-order valence-electron chi connectivity index (χ4n) is 5.04. The van der Waals surface area contributed by atoms with Gasteiger partial charge in [0.05, 0.1) is 13.2 Å². The molecule has 0 amide bonds. The van der Waals surface area contributed by atoms with Gasteiger partial charge in [0.1, 0.15) is 11.5 Å². The summed E-state index contributed by atoms with van der Waals surface area (Å²) in [6.45, 7) is 11.4. The Morgan fingerprint density at radius 1 is 0.442 bits per heavy atom. The number of unbranched alkanes of at least 4 members (excludes halogenated alkanes) is 10. The Labute approximate surface area is 319 Å². The minimum absolute atomic E-state index is 0.0448. The number of hydrogen-bond acceptors (Lipinski definition) is 12. The number of anilines is 6. The Morgan fingerprint density at radius 3 is 1.21 bits per heavy atom. The summed E-state index contributed by atoms with van der Waals surface area (Å²) in [5.74, 6) is 3.71. The Hall–Kier alpha value is -4.16. The molecule has 0 saturated heterocycles.